The van der Waals surface area contributed by atoms with Crippen molar-refractivity contribution in [2.75, 3.05) is 6.61 Å². The zero-order valence-electron chi connectivity index (χ0n) is 24.1. The molecular weight excluding hydrogens is 597 g/mol. The molecule has 4 bridgehead atoms. The number of carbonyl (C=O) groups excluding carboxylic acids is 2. The molecule has 42 heavy (non-hydrogen) atoms. The highest BCUT2D eigenvalue weighted by molar-refractivity contribution is 8.00. The quantitative estimate of drug-likeness (QED) is 0.267. The van der Waals surface area contributed by atoms with Crippen molar-refractivity contribution < 1.29 is 24.0 Å². The van der Waals surface area contributed by atoms with Crippen LogP contribution in [0, 0.1) is 17.8 Å². The molecule has 3 unspecified atom stereocenters. The number of benzene rings is 1. The van der Waals surface area contributed by atoms with E-state index in [0.717, 1.165) is 57.8 Å². The van der Waals surface area contributed by atoms with Crippen LogP contribution in [0.1, 0.15) is 99.0 Å². The average Bonchev–Trinajstić information content (AvgIpc) is 3.59. The number of nitrogens with one attached hydrogen (secondary N) is 2. The van der Waals surface area contributed by atoms with Crippen LogP contribution in [-0.2, 0) is 0 Å². The third-order valence-corrected chi connectivity index (χ3v) is 11.8. The number of rotatable bonds is 10. The Kier molecular flexibility index (Phi) is 8.50. The monoisotopic (exact) mass is 635 g/mol. The van der Waals surface area contributed by atoms with E-state index in [-0.39, 0.29) is 53.0 Å². The molecular formula is C31H39Cl2N3O5S. The number of aromatic nitrogens is 1. The van der Waals surface area contributed by atoms with Crippen LogP contribution in [0.4, 0.5) is 0 Å². The van der Waals surface area contributed by atoms with E-state index in [1.165, 1.54) is 6.07 Å². The van der Waals surface area contributed by atoms with Gasteiger partial charge in [0, 0.05) is 16.3 Å². The summed E-state index contributed by atoms with van der Waals surface area (Å²) in [6.45, 7) is 3.98. The number of ether oxygens (including phenoxy) is 1. The molecule has 5 saturated carbocycles. The molecule has 8 nitrogen and oxygen atoms in total. The maximum atomic E-state index is 13.7. The summed E-state index contributed by atoms with van der Waals surface area (Å²) in [7, 11) is 0. The van der Waals surface area contributed by atoms with E-state index in [1.807, 2.05) is 13.8 Å². The Morgan fingerprint density at radius 1 is 1.17 bits per heavy atom. The first kappa shape index (κ1) is 30.1. The van der Waals surface area contributed by atoms with Gasteiger partial charge in [-0.3, -0.25) is 9.59 Å². The van der Waals surface area contributed by atoms with Crippen molar-refractivity contribution in [1.29, 1.82) is 0 Å². The molecule has 0 saturated heterocycles. The molecule has 11 heteroatoms. The third kappa shape index (κ3) is 6.17. The SMILES string of the molecule is CCC(C)(COc1noc(C(=O)N[C@H]2C3CC4CC2C[C@](O)(C4)C3)c1SC1CCCC1)NC(=O)c1ccc(Cl)cc1Cl. The molecule has 5 aliphatic rings. The largest absolute Gasteiger partial charge is 0.472 e. The van der Waals surface area contributed by atoms with E-state index in [4.69, 9.17) is 32.5 Å². The number of hydrogen-bond donors (Lipinski definition) is 3. The summed E-state index contributed by atoms with van der Waals surface area (Å²) in [5.41, 5.74) is -0.970. The average molecular weight is 637 g/mol. The lowest BCUT2D eigenvalue weighted by atomic mass is 9.52. The maximum absolute atomic E-state index is 13.7. The van der Waals surface area contributed by atoms with Gasteiger partial charge in [-0.1, -0.05) is 43.0 Å². The number of nitrogens with zero attached hydrogens (tertiary/aromatic N) is 1. The van der Waals surface area contributed by atoms with E-state index in [9.17, 15) is 14.7 Å². The van der Waals surface area contributed by atoms with Crippen LogP contribution in [0.3, 0.4) is 0 Å². The lowest BCUT2D eigenvalue weighted by Gasteiger charge is -2.58. The van der Waals surface area contributed by atoms with Crippen molar-refractivity contribution in [2.45, 2.75) is 105 Å². The van der Waals surface area contributed by atoms with Crippen molar-refractivity contribution in [1.82, 2.24) is 15.8 Å². The summed E-state index contributed by atoms with van der Waals surface area (Å²) >= 11 is 13.9. The minimum Gasteiger partial charge on any atom is -0.472 e. The molecule has 2 aromatic rings. The standard InChI is InChI=1S/C31H39Cl2N3O5S/c1-3-30(2,35-27(37)22-9-8-20(32)12-23(22)33)16-40-29-26(42-21-6-4-5-7-21)25(41-36-29)28(38)34-24-18-10-17-11-19(24)15-31(39,13-17)14-18/h8-9,12,17-19,21,24,39H,3-7,10-11,13-16H2,1-2H3,(H,34,38)(H,35,37)/t17?,18?,19?,24-,30?,31-. The first-order valence-electron chi connectivity index (χ1n) is 15.1. The molecule has 0 aliphatic heterocycles. The highest BCUT2D eigenvalue weighted by Gasteiger charge is 2.55. The molecule has 5 fully saturated rings. The van der Waals surface area contributed by atoms with Crippen molar-refractivity contribution in [3.05, 3.63) is 39.6 Å². The van der Waals surface area contributed by atoms with Crippen LogP contribution in [-0.4, -0.2) is 51.1 Å². The fourth-order valence-electron chi connectivity index (χ4n) is 7.68. The predicted octanol–water partition coefficient (Wildman–Crippen LogP) is 6.66. The van der Waals surface area contributed by atoms with Crippen molar-refractivity contribution in [3.63, 3.8) is 0 Å². The zero-order chi connectivity index (χ0) is 29.6. The molecule has 0 radical (unpaired) electrons. The van der Waals surface area contributed by atoms with Gasteiger partial charge in [0.15, 0.2) is 0 Å². The number of carbonyl (C=O) groups is 2. The molecule has 3 N–H and O–H groups in total. The topological polar surface area (TPSA) is 114 Å². The Bertz CT molecular complexity index is 1330. The Morgan fingerprint density at radius 3 is 2.52 bits per heavy atom. The molecule has 0 spiro atoms. The molecule has 3 atom stereocenters. The summed E-state index contributed by atoms with van der Waals surface area (Å²) in [6.07, 6.45) is 9.53. The summed E-state index contributed by atoms with van der Waals surface area (Å²) in [5, 5.41) is 22.6. The Balaban J connectivity index is 1.17. The highest BCUT2D eigenvalue weighted by atomic mass is 35.5. The van der Waals surface area contributed by atoms with E-state index in [1.54, 1.807) is 23.9 Å². The van der Waals surface area contributed by atoms with Gasteiger partial charge in [0.2, 0.25) is 5.76 Å². The van der Waals surface area contributed by atoms with Crippen molar-refractivity contribution >= 4 is 46.8 Å². The first-order chi connectivity index (χ1) is 20.0. The second-order valence-corrected chi connectivity index (χ2v) is 15.3. The molecule has 7 rings (SSSR count). The van der Waals surface area contributed by atoms with Gasteiger partial charge in [0.1, 0.15) is 11.5 Å². The first-order valence-corrected chi connectivity index (χ1v) is 16.8. The van der Waals surface area contributed by atoms with Gasteiger partial charge in [-0.05, 0) is 99.4 Å². The summed E-state index contributed by atoms with van der Waals surface area (Å²) in [6, 6.07) is 4.80. The zero-order valence-corrected chi connectivity index (χ0v) is 26.4. The van der Waals surface area contributed by atoms with Crippen LogP contribution in [0.2, 0.25) is 10.0 Å². The molecule has 2 amide bonds. The normalized spacial score (nSPS) is 29.8. The molecule has 1 aromatic heterocycles. The van der Waals surface area contributed by atoms with Gasteiger partial charge in [0.05, 0.1) is 21.7 Å². The van der Waals surface area contributed by atoms with Gasteiger partial charge < -0.3 is 25.0 Å². The van der Waals surface area contributed by atoms with E-state index >= 15 is 0 Å². The summed E-state index contributed by atoms with van der Waals surface area (Å²) in [5.74, 6) is 0.996. The second-order valence-electron chi connectivity index (χ2n) is 13.1. The van der Waals surface area contributed by atoms with Gasteiger partial charge >= 0.3 is 0 Å². The maximum Gasteiger partial charge on any atom is 0.291 e. The Morgan fingerprint density at radius 2 is 1.88 bits per heavy atom. The van der Waals surface area contributed by atoms with Crippen LogP contribution in [0.15, 0.2) is 27.6 Å². The highest BCUT2D eigenvalue weighted by Crippen LogP contribution is 2.55. The fourth-order valence-corrected chi connectivity index (χ4v) is 9.51. The minimum absolute atomic E-state index is 0.0337. The van der Waals surface area contributed by atoms with E-state index in [0.29, 0.717) is 33.1 Å². The van der Waals surface area contributed by atoms with Gasteiger partial charge in [0.25, 0.3) is 17.7 Å². The number of thioether (sulfide) groups is 1. The van der Waals surface area contributed by atoms with E-state index < -0.39 is 11.1 Å². The lowest BCUT2D eigenvalue weighted by Crippen LogP contribution is -2.61. The van der Waals surface area contributed by atoms with Crippen LogP contribution in [0.25, 0.3) is 0 Å². The third-order valence-electron chi connectivity index (χ3n) is 9.85. The summed E-state index contributed by atoms with van der Waals surface area (Å²) < 4.78 is 11.9. The smallest absolute Gasteiger partial charge is 0.291 e. The number of aliphatic hydroxyl groups is 1. The van der Waals surface area contributed by atoms with Crippen molar-refractivity contribution in [2.24, 2.45) is 17.8 Å². The van der Waals surface area contributed by atoms with Crippen LogP contribution >= 0.6 is 35.0 Å². The van der Waals surface area contributed by atoms with Gasteiger partial charge in [-0.15, -0.1) is 11.8 Å². The van der Waals surface area contributed by atoms with Crippen molar-refractivity contribution in [3.8, 4) is 5.88 Å². The fraction of sp³-hybridized carbons (Fsp3) is 0.645. The van der Waals surface area contributed by atoms with E-state index in [2.05, 4.69) is 15.8 Å². The Labute approximate surface area is 261 Å². The molecule has 5 aliphatic carbocycles. The van der Waals surface area contributed by atoms with Gasteiger partial charge in [-0.25, -0.2) is 0 Å². The number of halogens is 2. The minimum atomic E-state index is -0.739. The molecule has 228 valence electrons. The number of amides is 2. The second kappa shape index (κ2) is 11.9. The predicted molar refractivity (Wildman–Crippen MR) is 162 cm³/mol. The van der Waals surface area contributed by atoms with Gasteiger partial charge in [-0.2, -0.15) is 0 Å². The Hall–Kier alpha value is -1.94. The lowest BCUT2D eigenvalue weighted by molar-refractivity contribution is -0.137. The summed E-state index contributed by atoms with van der Waals surface area (Å²) in [4.78, 5) is 27.4. The molecule has 1 heterocycles. The van der Waals surface area contributed by atoms with Crippen LogP contribution < -0.4 is 15.4 Å². The number of hydrogen-bond acceptors (Lipinski definition) is 7. The molecule has 1 aromatic carbocycles. The van der Waals surface area contributed by atoms with Crippen LogP contribution in [0.5, 0.6) is 5.88 Å².